The minimum Gasteiger partial charge on any atom is -0.378 e. The van der Waals surface area contributed by atoms with E-state index in [0.29, 0.717) is 5.69 Å². The fraction of sp³-hybridized carbons (Fsp3) is 0.429. The van der Waals surface area contributed by atoms with Crippen molar-refractivity contribution in [2.24, 2.45) is 0 Å². The van der Waals surface area contributed by atoms with Gasteiger partial charge in [-0.2, -0.15) is 5.26 Å². The van der Waals surface area contributed by atoms with E-state index >= 15 is 0 Å². The van der Waals surface area contributed by atoms with Gasteiger partial charge in [-0.25, -0.2) is 4.39 Å². The number of anilines is 1. The third kappa shape index (κ3) is 2.91. The Balaban J connectivity index is 2.01. The van der Waals surface area contributed by atoms with Crippen LogP contribution < -0.4 is 5.32 Å². The minimum absolute atomic E-state index is 0.0806. The van der Waals surface area contributed by atoms with E-state index < -0.39 is 5.82 Å². The lowest BCUT2D eigenvalue weighted by Crippen LogP contribution is -2.42. The number of benzene rings is 1. The van der Waals surface area contributed by atoms with Crippen molar-refractivity contribution >= 4 is 11.6 Å². The Bertz CT molecular complexity index is 527. The van der Waals surface area contributed by atoms with Gasteiger partial charge in [0.25, 0.3) is 0 Å². The minimum atomic E-state index is -0.590. The van der Waals surface area contributed by atoms with Crippen LogP contribution in [0.3, 0.4) is 0 Å². The molecule has 2 rings (SSSR count). The summed E-state index contributed by atoms with van der Waals surface area (Å²) in [6.45, 7) is 0. The third-order valence-electron chi connectivity index (χ3n) is 3.55. The molecule has 0 radical (unpaired) electrons. The summed E-state index contributed by atoms with van der Waals surface area (Å²) in [4.78, 5) is 11.9. The molecule has 4 nitrogen and oxygen atoms in total. The molecule has 0 atom stereocenters. The molecule has 1 aromatic rings. The number of halogens is 1. The van der Waals surface area contributed by atoms with Gasteiger partial charge in [-0.1, -0.05) is 0 Å². The van der Waals surface area contributed by atoms with Crippen molar-refractivity contribution in [2.45, 2.75) is 31.3 Å². The fourth-order valence-corrected chi connectivity index (χ4v) is 2.21. The molecule has 1 saturated carbocycles. The van der Waals surface area contributed by atoms with Gasteiger partial charge in [0.15, 0.2) is 0 Å². The molecular formula is C14H15FN2O2. The quantitative estimate of drug-likeness (QED) is 0.907. The first-order valence-electron chi connectivity index (χ1n) is 6.13. The van der Waals surface area contributed by atoms with Crippen LogP contribution in [0.2, 0.25) is 0 Å². The molecule has 0 aromatic heterocycles. The Hall–Kier alpha value is -1.93. The van der Waals surface area contributed by atoms with E-state index in [1.807, 2.05) is 0 Å². The number of hydrogen-bond donors (Lipinski definition) is 1. The molecule has 1 aliphatic rings. The van der Waals surface area contributed by atoms with Crippen molar-refractivity contribution in [3.63, 3.8) is 0 Å². The Labute approximate surface area is 111 Å². The number of ether oxygens (including phenoxy) is 1. The van der Waals surface area contributed by atoms with Crippen LogP contribution in [0.5, 0.6) is 0 Å². The zero-order valence-corrected chi connectivity index (χ0v) is 10.7. The van der Waals surface area contributed by atoms with Gasteiger partial charge >= 0.3 is 0 Å². The molecule has 0 saturated heterocycles. The predicted molar refractivity (Wildman–Crippen MR) is 68.0 cm³/mol. The highest BCUT2D eigenvalue weighted by atomic mass is 19.1. The van der Waals surface area contributed by atoms with Gasteiger partial charge in [0, 0.05) is 12.8 Å². The standard InChI is InChI=1S/C14H15FN2O2/c1-19-14(5-2-6-14)8-13(18)17-11-3-4-12(15)10(7-11)9-16/h3-4,7H,2,5-6,8H2,1H3,(H,17,18). The van der Waals surface area contributed by atoms with Crippen LogP contribution in [0.4, 0.5) is 10.1 Å². The highest BCUT2D eigenvalue weighted by Crippen LogP contribution is 2.38. The van der Waals surface area contributed by atoms with Crippen LogP contribution in [0.15, 0.2) is 18.2 Å². The first-order valence-corrected chi connectivity index (χ1v) is 6.13. The summed E-state index contributed by atoms with van der Waals surface area (Å²) in [5.41, 5.74) is -0.00115. The normalized spacial score (nSPS) is 16.3. The van der Waals surface area contributed by atoms with E-state index in [4.69, 9.17) is 10.00 Å². The molecule has 1 amide bonds. The molecule has 0 heterocycles. The van der Waals surface area contributed by atoms with Gasteiger partial charge in [0.2, 0.25) is 5.91 Å². The summed E-state index contributed by atoms with van der Waals surface area (Å²) >= 11 is 0. The maximum atomic E-state index is 13.1. The number of amides is 1. The van der Waals surface area contributed by atoms with Gasteiger partial charge in [0.1, 0.15) is 11.9 Å². The monoisotopic (exact) mass is 262 g/mol. The van der Waals surface area contributed by atoms with Crippen LogP contribution in [-0.4, -0.2) is 18.6 Å². The summed E-state index contributed by atoms with van der Waals surface area (Å²) in [5, 5.41) is 11.4. The van der Waals surface area contributed by atoms with Gasteiger partial charge < -0.3 is 10.1 Å². The molecule has 1 N–H and O–H groups in total. The topological polar surface area (TPSA) is 62.1 Å². The highest BCUT2D eigenvalue weighted by Gasteiger charge is 2.38. The number of hydrogen-bond acceptors (Lipinski definition) is 3. The second-order valence-corrected chi connectivity index (χ2v) is 4.77. The lowest BCUT2D eigenvalue weighted by atomic mass is 9.77. The number of carbonyl (C=O) groups excluding carboxylic acids is 1. The summed E-state index contributed by atoms with van der Waals surface area (Å²) in [6, 6.07) is 5.68. The van der Waals surface area contributed by atoms with E-state index in [0.717, 1.165) is 19.3 Å². The average Bonchev–Trinajstić information content (AvgIpc) is 2.36. The van der Waals surface area contributed by atoms with Gasteiger partial charge in [-0.05, 0) is 37.5 Å². The fourth-order valence-electron chi connectivity index (χ4n) is 2.21. The lowest BCUT2D eigenvalue weighted by molar-refractivity contribution is -0.129. The molecule has 0 aliphatic heterocycles. The molecule has 5 heteroatoms. The Morgan fingerprint density at radius 3 is 2.84 bits per heavy atom. The SMILES string of the molecule is COC1(CC(=O)Nc2ccc(F)c(C#N)c2)CCC1. The zero-order valence-electron chi connectivity index (χ0n) is 10.7. The van der Waals surface area contributed by atoms with Crippen molar-refractivity contribution in [1.29, 1.82) is 5.26 Å². The molecule has 19 heavy (non-hydrogen) atoms. The van der Waals surface area contributed by atoms with Crippen molar-refractivity contribution in [3.8, 4) is 6.07 Å². The number of rotatable bonds is 4. The van der Waals surface area contributed by atoms with E-state index in [9.17, 15) is 9.18 Å². The van der Waals surface area contributed by atoms with Crippen molar-refractivity contribution < 1.29 is 13.9 Å². The van der Waals surface area contributed by atoms with E-state index in [1.54, 1.807) is 13.2 Å². The molecule has 0 spiro atoms. The van der Waals surface area contributed by atoms with E-state index in [-0.39, 0.29) is 23.5 Å². The van der Waals surface area contributed by atoms with Crippen molar-refractivity contribution in [1.82, 2.24) is 0 Å². The maximum Gasteiger partial charge on any atom is 0.227 e. The number of carbonyl (C=O) groups is 1. The Morgan fingerprint density at radius 2 is 2.32 bits per heavy atom. The molecule has 1 aliphatic carbocycles. The molecule has 0 unspecified atom stereocenters. The van der Waals surface area contributed by atoms with Crippen LogP contribution in [-0.2, 0) is 9.53 Å². The largest absolute Gasteiger partial charge is 0.378 e. The number of nitrogens with zero attached hydrogens (tertiary/aromatic N) is 1. The second kappa shape index (κ2) is 5.37. The summed E-state index contributed by atoms with van der Waals surface area (Å²) < 4.78 is 18.5. The average molecular weight is 262 g/mol. The van der Waals surface area contributed by atoms with Crippen LogP contribution in [0.25, 0.3) is 0 Å². The van der Waals surface area contributed by atoms with Gasteiger partial charge in [-0.3, -0.25) is 4.79 Å². The van der Waals surface area contributed by atoms with Crippen LogP contribution in [0.1, 0.15) is 31.2 Å². The van der Waals surface area contributed by atoms with Crippen molar-refractivity contribution in [3.05, 3.63) is 29.6 Å². The second-order valence-electron chi connectivity index (χ2n) is 4.77. The summed E-state index contributed by atoms with van der Waals surface area (Å²) in [7, 11) is 1.61. The molecule has 1 aromatic carbocycles. The van der Waals surface area contributed by atoms with Crippen LogP contribution in [0, 0.1) is 17.1 Å². The first-order chi connectivity index (χ1) is 9.08. The molecule has 1 fully saturated rings. The number of nitriles is 1. The lowest BCUT2D eigenvalue weighted by Gasteiger charge is -2.39. The smallest absolute Gasteiger partial charge is 0.227 e. The Morgan fingerprint density at radius 1 is 1.58 bits per heavy atom. The molecular weight excluding hydrogens is 247 g/mol. The maximum absolute atomic E-state index is 13.1. The Kier molecular flexibility index (Phi) is 3.82. The van der Waals surface area contributed by atoms with E-state index in [1.165, 1.54) is 18.2 Å². The predicted octanol–water partition coefficient (Wildman–Crippen LogP) is 2.60. The zero-order chi connectivity index (χ0) is 13.9. The summed E-state index contributed by atoms with van der Waals surface area (Å²) in [6.07, 6.45) is 3.10. The first kappa shape index (κ1) is 13.5. The molecule has 0 bridgehead atoms. The third-order valence-corrected chi connectivity index (χ3v) is 3.55. The van der Waals surface area contributed by atoms with E-state index in [2.05, 4.69) is 5.32 Å². The summed E-state index contributed by atoms with van der Waals surface area (Å²) in [5.74, 6) is -0.773. The highest BCUT2D eigenvalue weighted by molar-refractivity contribution is 5.91. The van der Waals surface area contributed by atoms with Crippen molar-refractivity contribution in [2.75, 3.05) is 12.4 Å². The number of nitrogens with one attached hydrogen (secondary N) is 1. The molecule has 100 valence electrons. The van der Waals surface area contributed by atoms with Gasteiger partial charge in [0.05, 0.1) is 17.6 Å². The number of methoxy groups -OCH3 is 1. The van der Waals surface area contributed by atoms with Gasteiger partial charge in [-0.15, -0.1) is 0 Å². The van der Waals surface area contributed by atoms with Crippen LogP contribution >= 0.6 is 0 Å².